The molecule has 0 aliphatic rings. The molecular formula is C13H26N2O3. The first-order valence-electron chi connectivity index (χ1n) is 6.85. The minimum atomic E-state index is -0.334. The van der Waals surface area contributed by atoms with Crippen molar-refractivity contribution in [3.63, 3.8) is 0 Å². The topological polar surface area (TPSA) is 78.4 Å². The van der Waals surface area contributed by atoms with Crippen molar-refractivity contribution in [2.24, 2.45) is 0 Å². The molecule has 0 bridgehead atoms. The van der Waals surface area contributed by atoms with E-state index in [2.05, 4.69) is 17.6 Å². The van der Waals surface area contributed by atoms with E-state index in [1.807, 2.05) is 0 Å². The van der Waals surface area contributed by atoms with Crippen LogP contribution in [0.25, 0.3) is 0 Å². The molecule has 0 aliphatic carbocycles. The fourth-order valence-electron chi connectivity index (χ4n) is 1.61. The summed E-state index contributed by atoms with van der Waals surface area (Å²) in [5.41, 5.74) is 0. The summed E-state index contributed by atoms with van der Waals surface area (Å²) in [6.07, 6.45) is 7.15. The van der Waals surface area contributed by atoms with Crippen molar-refractivity contribution < 1.29 is 14.7 Å². The van der Waals surface area contributed by atoms with Crippen LogP contribution in [0.3, 0.4) is 0 Å². The molecule has 0 rings (SSSR count). The number of aliphatic hydroxyl groups excluding tert-OH is 1. The van der Waals surface area contributed by atoms with Gasteiger partial charge in [0.1, 0.15) is 0 Å². The first-order chi connectivity index (χ1) is 8.70. The Morgan fingerprint density at radius 2 is 1.67 bits per heavy atom. The molecule has 0 heterocycles. The van der Waals surface area contributed by atoms with Gasteiger partial charge in [0.05, 0.1) is 13.2 Å². The zero-order chi connectivity index (χ0) is 13.6. The number of aliphatic hydroxyl groups is 1. The number of hydrogen-bond acceptors (Lipinski definition) is 4. The number of carbonyl (C=O) groups excluding carboxylic acids is 2. The van der Waals surface area contributed by atoms with Crippen LogP contribution < -0.4 is 10.6 Å². The molecule has 0 aromatic heterocycles. The maximum atomic E-state index is 11.4. The van der Waals surface area contributed by atoms with Crippen LogP contribution in [-0.4, -0.2) is 36.6 Å². The molecule has 3 N–H and O–H groups in total. The minimum absolute atomic E-state index is 0.0149. The second-order valence-corrected chi connectivity index (χ2v) is 4.39. The molecule has 0 spiro atoms. The van der Waals surface area contributed by atoms with Crippen LogP contribution in [0.4, 0.5) is 0 Å². The third kappa shape index (κ3) is 11.5. The van der Waals surface area contributed by atoms with Crippen molar-refractivity contribution in [2.45, 2.75) is 51.9 Å². The maximum absolute atomic E-state index is 11.4. The molecule has 2 amide bonds. The molecule has 0 aliphatic heterocycles. The average Bonchev–Trinajstić information content (AvgIpc) is 2.34. The maximum Gasteiger partial charge on any atom is 0.240 e. The van der Waals surface area contributed by atoms with Gasteiger partial charge in [-0.05, 0) is 6.42 Å². The summed E-state index contributed by atoms with van der Waals surface area (Å²) in [5, 5.41) is 13.5. The molecular weight excluding hydrogens is 232 g/mol. The van der Waals surface area contributed by atoms with Crippen LogP contribution in [0.2, 0.25) is 0 Å². The van der Waals surface area contributed by atoms with E-state index in [9.17, 15) is 9.59 Å². The fourth-order valence-corrected chi connectivity index (χ4v) is 1.61. The standard InChI is InChI=1S/C13H26N2O3/c1-2-3-4-5-6-7-8-12(17)15-13(18)11-14-9-10-16/h14,16H,2-11H2,1H3,(H,15,17,18). The first-order valence-corrected chi connectivity index (χ1v) is 6.85. The van der Waals surface area contributed by atoms with Crippen molar-refractivity contribution >= 4 is 11.8 Å². The first kappa shape index (κ1) is 17.1. The van der Waals surface area contributed by atoms with Gasteiger partial charge in [-0.15, -0.1) is 0 Å². The van der Waals surface area contributed by atoms with Crippen LogP contribution in [0, 0.1) is 0 Å². The number of carbonyl (C=O) groups is 2. The smallest absolute Gasteiger partial charge is 0.240 e. The summed E-state index contributed by atoms with van der Waals surface area (Å²) in [7, 11) is 0. The molecule has 18 heavy (non-hydrogen) atoms. The van der Waals surface area contributed by atoms with Crippen molar-refractivity contribution in [3.05, 3.63) is 0 Å². The Balaban J connectivity index is 3.38. The summed E-state index contributed by atoms with van der Waals surface area (Å²) < 4.78 is 0. The van der Waals surface area contributed by atoms with Gasteiger partial charge in [-0.2, -0.15) is 0 Å². The highest BCUT2D eigenvalue weighted by Gasteiger charge is 2.06. The van der Waals surface area contributed by atoms with Crippen LogP contribution in [0.1, 0.15) is 51.9 Å². The summed E-state index contributed by atoms with van der Waals surface area (Å²) in [6, 6.07) is 0. The largest absolute Gasteiger partial charge is 0.395 e. The Labute approximate surface area is 109 Å². The highest BCUT2D eigenvalue weighted by molar-refractivity contribution is 5.96. The lowest BCUT2D eigenvalue weighted by molar-refractivity contribution is -0.130. The number of nitrogens with one attached hydrogen (secondary N) is 2. The van der Waals surface area contributed by atoms with Gasteiger partial charge >= 0.3 is 0 Å². The van der Waals surface area contributed by atoms with Crippen molar-refractivity contribution in [1.82, 2.24) is 10.6 Å². The molecule has 0 saturated heterocycles. The monoisotopic (exact) mass is 258 g/mol. The van der Waals surface area contributed by atoms with E-state index in [1.165, 1.54) is 19.3 Å². The average molecular weight is 258 g/mol. The SMILES string of the molecule is CCCCCCCCC(=O)NC(=O)CNCCO. The summed E-state index contributed by atoms with van der Waals surface area (Å²) in [5.74, 6) is -0.541. The number of amides is 2. The lowest BCUT2D eigenvalue weighted by atomic mass is 10.1. The van der Waals surface area contributed by atoms with E-state index in [1.54, 1.807) is 0 Å². The second kappa shape index (κ2) is 12.5. The van der Waals surface area contributed by atoms with E-state index in [0.717, 1.165) is 19.3 Å². The van der Waals surface area contributed by atoms with Gasteiger partial charge in [0.15, 0.2) is 0 Å². The number of hydrogen-bond donors (Lipinski definition) is 3. The quantitative estimate of drug-likeness (QED) is 0.482. The molecule has 0 saturated carbocycles. The van der Waals surface area contributed by atoms with Gasteiger partial charge < -0.3 is 10.4 Å². The molecule has 0 unspecified atom stereocenters. The number of imide groups is 1. The van der Waals surface area contributed by atoms with E-state index >= 15 is 0 Å². The van der Waals surface area contributed by atoms with Gasteiger partial charge in [-0.25, -0.2) is 0 Å². The van der Waals surface area contributed by atoms with E-state index in [4.69, 9.17) is 5.11 Å². The summed E-state index contributed by atoms with van der Waals surface area (Å²) in [6.45, 7) is 2.59. The predicted molar refractivity (Wildman–Crippen MR) is 71.1 cm³/mol. The van der Waals surface area contributed by atoms with Crippen molar-refractivity contribution in [1.29, 1.82) is 0 Å². The minimum Gasteiger partial charge on any atom is -0.395 e. The highest BCUT2D eigenvalue weighted by atomic mass is 16.3. The molecule has 0 fully saturated rings. The van der Waals surface area contributed by atoms with E-state index in [0.29, 0.717) is 13.0 Å². The van der Waals surface area contributed by atoms with Gasteiger partial charge in [-0.3, -0.25) is 14.9 Å². The predicted octanol–water partition coefficient (Wildman–Crippen LogP) is 0.962. The second-order valence-electron chi connectivity index (χ2n) is 4.39. The Kier molecular flexibility index (Phi) is 11.9. The summed E-state index contributed by atoms with van der Waals surface area (Å²) >= 11 is 0. The van der Waals surface area contributed by atoms with Crippen LogP contribution in [0.15, 0.2) is 0 Å². The van der Waals surface area contributed by atoms with Gasteiger partial charge in [0.2, 0.25) is 11.8 Å². The normalized spacial score (nSPS) is 10.3. The zero-order valence-corrected chi connectivity index (χ0v) is 11.3. The van der Waals surface area contributed by atoms with E-state index in [-0.39, 0.29) is 25.0 Å². The Morgan fingerprint density at radius 3 is 2.33 bits per heavy atom. The molecule has 0 atom stereocenters. The molecule has 0 radical (unpaired) electrons. The molecule has 5 heteroatoms. The molecule has 5 nitrogen and oxygen atoms in total. The van der Waals surface area contributed by atoms with Crippen LogP contribution in [-0.2, 0) is 9.59 Å². The van der Waals surface area contributed by atoms with Gasteiger partial charge in [-0.1, -0.05) is 39.0 Å². The zero-order valence-electron chi connectivity index (χ0n) is 11.3. The van der Waals surface area contributed by atoms with Crippen LogP contribution in [0.5, 0.6) is 0 Å². The molecule has 0 aromatic rings. The van der Waals surface area contributed by atoms with Crippen LogP contribution >= 0.6 is 0 Å². The number of unbranched alkanes of at least 4 members (excludes halogenated alkanes) is 5. The Hall–Kier alpha value is -0.940. The third-order valence-corrected chi connectivity index (χ3v) is 2.61. The lowest BCUT2D eigenvalue weighted by Crippen LogP contribution is -2.38. The van der Waals surface area contributed by atoms with E-state index < -0.39 is 0 Å². The fraction of sp³-hybridized carbons (Fsp3) is 0.846. The highest BCUT2D eigenvalue weighted by Crippen LogP contribution is 2.06. The Bertz CT molecular complexity index is 232. The van der Waals surface area contributed by atoms with Crippen molar-refractivity contribution in [2.75, 3.05) is 19.7 Å². The third-order valence-electron chi connectivity index (χ3n) is 2.61. The molecule has 106 valence electrons. The van der Waals surface area contributed by atoms with Gasteiger partial charge in [0.25, 0.3) is 0 Å². The Morgan fingerprint density at radius 1 is 1.00 bits per heavy atom. The molecule has 0 aromatic carbocycles. The lowest BCUT2D eigenvalue weighted by Gasteiger charge is -2.05. The summed E-state index contributed by atoms with van der Waals surface area (Å²) in [4.78, 5) is 22.6. The number of rotatable bonds is 11. The van der Waals surface area contributed by atoms with Crippen molar-refractivity contribution in [3.8, 4) is 0 Å². The van der Waals surface area contributed by atoms with Gasteiger partial charge in [0, 0.05) is 13.0 Å².